The number of anilines is 1. The summed E-state index contributed by atoms with van der Waals surface area (Å²) < 4.78 is 0. The molecule has 4 rings (SSSR count). The number of piperazine rings is 1. The molecule has 0 radical (unpaired) electrons. The van der Waals surface area contributed by atoms with E-state index in [1.54, 1.807) is 0 Å². The Morgan fingerprint density at radius 1 is 1.03 bits per heavy atom. The Kier molecular flexibility index (Phi) is 5.79. The molecule has 1 unspecified atom stereocenters. The van der Waals surface area contributed by atoms with Gasteiger partial charge in [0.2, 0.25) is 5.96 Å². The van der Waals surface area contributed by atoms with Crippen LogP contribution in [-0.2, 0) is 4.79 Å². The maximum atomic E-state index is 12.9. The van der Waals surface area contributed by atoms with Gasteiger partial charge in [0.15, 0.2) is 0 Å². The van der Waals surface area contributed by atoms with Crippen LogP contribution in [0.15, 0.2) is 58.6 Å². The Morgan fingerprint density at radius 3 is 2.40 bits per heavy atom. The molecule has 2 aliphatic heterocycles. The summed E-state index contributed by atoms with van der Waals surface area (Å²) in [5, 5.41) is 0. The maximum absolute atomic E-state index is 12.9. The van der Waals surface area contributed by atoms with E-state index in [1.807, 2.05) is 58.4 Å². The highest BCUT2D eigenvalue weighted by Crippen LogP contribution is 2.19. The first-order valence-electron chi connectivity index (χ1n) is 10.6. The number of carbonyl (C=O) groups excluding carboxylic acids is 2. The fourth-order valence-electron chi connectivity index (χ4n) is 3.99. The van der Waals surface area contributed by atoms with Gasteiger partial charge in [-0.2, -0.15) is 4.99 Å². The molecule has 2 heterocycles. The van der Waals surface area contributed by atoms with E-state index in [-0.39, 0.29) is 17.7 Å². The van der Waals surface area contributed by atoms with Crippen molar-refractivity contribution in [3.05, 3.63) is 54.1 Å². The van der Waals surface area contributed by atoms with E-state index in [1.165, 1.54) is 0 Å². The first kappa shape index (κ1) is 20.1. The van der Waals surface area contributed by atoms with E-state index in [0.29, 0.717) is 37.7 Å². The standard InChI is InChI=1S/C23H27N5O2/c1-3-26(4-2)18-11-9-17(10-12-18)22(30)27-13-15-28(16-14-27)23-24-20-8-6-5-7-19(20)21(29)25-23/h5-12,19H,3-4,13-16H2,1-2H3. The van der Waals surface area contributed by atoms with Gasteiger partial charge in [0.1, 0.15) is 5.92 Å². The van der Waals surface area contributed by atoms with Crippen molar-refractivity contribution in [2.45, 2.75) is 13.8 Å². The normalized spacial score (nSPS) is 20.6. The summed E-state index contributed by atoms with van der Waals surface area (Å²) in [6.45, 7) is 8.50. The van der Waals surface area contributed by atoms with Gasteiger partial charge in [0.05, 0.1) is 5.71 Å². The molecule has 156 valence electrons. The lowest BCUT2D eigenvalue weighted by Crippen LogP contribution is -2.51. The summed E-state index contributed by atoms with van der Waals surface area (Å²) in [5.74, 6) is -0.0423. The summed E-state index contributed by atoms with van der Waals surface area (Å²) in [5.41, 5.74) is 2.57. The number of rotatable bonds is 4. The molecule has 0 spiro atoms. The number of aliphatic imine (C=N–C) groups is 2. The fourth-order valence-corrected chi connectivity index (χ4v) is 3.99. The smallest absolute Gasteiger partial charge is 0.261 e. The Balaban J connectivity index is 1.38. The van der Waals surface area contributed by atoms with Crippen molar-refractivity contribution in [2.75, 3.05) is 44.2 Å². The van der Waals surface area contributed by atoms with Gasteiger partial charge >= 0.3 is 0 Å². The minimum absolute atomic E-state index is 0.0362. The van der Waals surface area contributed by atoms with E-state index in [9.17, 15) is 9.59 Å². The van der Waals surface area contributed by atoms with E-state index in [0.717, 1.165) is 24.5 Å². The Hall–Kier alpha value is -3.22. The second-order valence-corrected chi connectivity index (χ2v) is 7.51. The number of hydrogen-bond acceptors (Lipinski definition) is 5. The van der Waals surface area contributed by atoms with Gasteiger partial charge in [-0.15, -0.1) is 0 Å². The van der Waals surface area contributed by atoms with Crippen LogP contribution in [0.5, 0.6) is 0 Å². The molecule has 3 aliphatic rings. The molecule has 1 fully saturated rings. The van der Waals surface area contributed by atoms with E-state index < -0.39 is 0 Å². The number of fused-ring (bicyclic) bond motifs is 1. The molecule has 0 N–H and O–H groups in total. The van der Waals surface area contributed by atoms with Crippen LogP contribution < -0.4 is 4.90 Å². The van der Waals surface area contributed by atoms with Crippen molar-refractivity contribution >= 4 is 29.2 Å². The van der Waals surface area contributed by atoms with Gasteiger partial charge in [-0.25, -0.2) is 4.99 Å². The predicted molar refractivity (Wildman–Crippen MR) is 119 cm³/mol. The number of allylic oxidation sites excluding steroid dienone is 3. The van der Waals surface area contributed by atoms with Crippen LogP contribution in [0.25, 0.3) is 0 Å². The largest absolute Gasteiger partial charge is 0.372 e. The molecule has 0 bridgehead atoms. The summed E-state index contributed by atoms with van der Waals surface area (Å²) in [4.78, 5) is 40.1. The third-order valence-corrected chi connectivity index (χ3v) is 5.80. The zero-order chi connectivity index (χ0) is 21.1. The van der Waals surface area contributed by atoms with Crippen molar-refractivity contribution in [1.29, 1.82) is 0 Å². The van der Waals surface area contributed by atoms with Crippen LogP contribution in [0.3, 0.4) is 0 Å². The first-order valence-corrected chi connectivity index (χ1v) is 10.6. The quantitative estimate of drug-likeness (QED) is 0.771. The second kappa shape index (κ2) is 8.65. The third-order valence-electron chi connectivity index (χ3n) is 5.80. The van der Waals surface area contributed by atoms with Crippen LogP contribution in [0.2, 0.25) is 0 Å². The number of guanidine groups is 1. The number of benzene rings is 1. The summed E-state index contributed by atoms with van der Waals surface area (Å²) in [7, 11) is 0. The lowest BCUT2D eigenvalue weighted by molar-refractivity contribution is -0.118. The predicted octanol–water partition coefficient (Wildman–Crippen LogP) is 2.37. The average molecular weight is 406 g/mol. The monoisotopic (exact) mass is 405 g/mol. The molecule has 1 saturated heterocycles. The summed E-state index contributed by atoms with van der Waals surface area (Å²) in [6.07, 6.45) is 7.41. The minimum Gasteiger partial charge on any atom is -0.372 e. The molecule has 30 heavy (non-hydrogen) atoms. The van der Waals surface area contributed by atoms with Crippen LogP contribution >= 0.6 is 0 Å². The van der Waals surface area contributed by atoms with Crippen LogP contribution in [0.4, 0.5) is 5.69 Å². The van der Waals surface area contributed by atoms with E-state index in [4.69, 9.17) is 0 Å². The minimum atomic E-state index is -0.360. The van der Waals surface area contributed by atoms with Crippen LogP contribution in [0.1, 0.15) is 24.2 Å². The number of hydrogen-bond donors (Lipinski definition) is 0. The van der Waals surface area contributed by atoms with Crippen molar-refractivity contribution in [3.8, 4) is 0 Å². The zero-order valence-electron chi connectivity index (χ0n) is 17.5. The molecule has 1 aliphatic carbocycles. The first-order chi connectivity index (χ1) is 14.6. The highest BCUT2D eigenvalue weighted by atomic mass is 16.2. The van der Waals surface area contributed by atoms with Crippen molar-refractivity contribution in [1.82, 2.24) is 9.80 Å². The maximum Gasteiger partial charge on any atom is 0.261 e. The second-order valence-electron chi connectivity index (χ2n) is 7.51. The fraction of sp³-hybridized carbons (Fsp3) is 0.391. The topological polar surface area (TPSA) is 68.6 Å². The third kappa shape index (κ3) is 3.92. The lowest BCUT2D eigenvalue weighted by Gasteiger charge is -2.36. The Morgan fingerprint density at radius 2 is 1.73 bits per heavy atom. The summed E-state index contributed by atoms with van der Waals surface area (Å²) >= 11 is 0. The van der Waals surface area contributed by atoms with E-state index >= 15 is 0 Å². The molecule has 1 aromatic carbocycles. The number of amides is 2. The van der Waals surface area contributed by atoms with Crippen molar-refractivity contribution in [3.63, 3.8) is 0 Å². The van der Waals surface area contributed by atoms with Crippen molar-refractivity contribution < 1.29 is 9.59 Å². The van der Waals surface area contributed by atoms with Gasteiger partial charge in [0.25, 0.3) is 11.8 Å². The molecular formula is C23H27N5O2. The summed E-state index contributed by atoms with van der Waals surface area (Å²) in [6, 6.07) is 7.83. The van der Waals surface area contributed by atoms with E-state index in [2.05, 4.69) is 28.7 Å². The highest BCUT2D eigenvalue weighted by molar-refractivity contribution is 6.21. The van der Waals surface area contributed by atoms with Gasteiger partial charge in [-0.3, -0.25) is 9.59 Å². The molecule has 7 nitrogen and oxygen atoms in total. The number of carbonyl (C=O) groups is 2. The Bertz CT molecular complexity index is 933. The van der Waals surface area contributed by atoms with Gasteiger partial charge in [0, 0.05) is 50.5 Å². The Labute approximate surface area is 177 Å². The van der Waals surface area contributed by atoms with Crippen LogP contribution in [-0.4, -0.2) is 72.6 Å². The molecule has 1 aromatic rings. The van der Waals surface area contributed by atoms with Crippen molar-refractivity contribution in [2.24, 2.45) is 15.9 Å². The molecule has 7 heteroatoms. The molecule has 1 atom stereocenters. The molecular weight excluding hydrogens is 378 g/mol. The zero-order valence-corrected chi connectivity index (χ0v) is 17.5. The number of nitrogens with zero attached hydrogens (tertiary/aromatic N) is 5. The SMILES string of the molecule is CCN(CC)c1ccc(C(=O)N2CCN(C3=NC(=O)C4C=CC=CC4=N3)CC2)cc1. The average Bonchev–Trinajstić information content (AvgIpc) is 2.80. The molecule has 0 aromatic heterocycles. The van der Waals surface area contributed by atoms with Gasteiger partial charge in [-0.1, -0.05) is 18.2 Å². The molecule has 0 saturated carbocycles. The van der Waals surface area contributed by atoms with Gasteiger partial charge in [-0.05, 0) is 44.2 Å². The van der Waals surface area contributed by atoms with Gasteiger partial charge < -0.3 is 14.7 Å². The highest BCUT2D eigenvalue weighted by Gasteiger charge is 2.30. The molecule has 2 amide bonds. The van der Waals surface area contributed by atoms with Crippen LogP contribution in [0, 0.1) is 5.92 Å². The lowest BCUT2D eigenvalue weighted by atomic mass is 9.97.